The van der Waals surface area contributed by atoms with Gasteiger partial charge in [-0.3, -0.25) is 0 Å². The Hall–Kier alpha value is 0.137. The molecule has 15 heavy (non-hydrogen) atoms. The summed E-state index contributed by atoms with van der Waals surface area (Å²) in [6.07, 6.45) is 5.83. The number of unbranched alkanes of at least 4 members (excludes halogenated alkanes) is 2. The maximum absolute atomic E-state index is 5.74. The molecule has 0 saturated carbocycles. The molecule has 0 unspecified atom stereocenters. The molecule has 0 bridgehead atoms. The maximum atomic E-state index is 5.74. The van der Waals surface area contributed by atoms with Gasteiger partial charge < -0.3 is 9.47 Å². The van der Waals surface area contributed by atoms with Crippen LogP contribution < -0.4 is 0 Å². The van der Waals surface area contributed by atoms with Crippen LogP contribution in [0, 0.1) is 6.04 Å². The molecule has 0 aromatic rings. The standard InChI is InChI=1S/C12H27O2Si/c1-4-7-9-13-12(15-11-6-3)14-10-8-5-2/h11-12H,4-10,15H2,1-3H3. The van der Waals surface area contributed by atoms with Crippen molar-refractivity contribution in [2.45, 2.75) is 58.8 Å². The molecular formula is C12H27O2Si. The van der Waals surface area contributed by atoms with Crippen molar-refractivity contribution in [3.05, 3.63) is 6.04 Å². The van der Waals surface area contributed by atoms with Crippen LogP contribution in [0.25, 0.3) is 0 Å². The van der Waals surface area contributed by atoms with Crippen molar-refractivity contribution in [2.24, 2.45) is 0 Å². The highest BCUT2D eigenvalue weighted by Gasteiger charge is 2.08. The van der Waals surface area contributed by atoms with Crippen LogP contribution in [0.2, 0.25) is 0 Å². The fraction of sp³-hybridized carbons (Fsp3) is 0.917. The van der Waals surface area contributed by atoms with E-state index in [0.717, 1.165) is 32.5 Å². The molecule has 0 aliphatic heterocycles. The largest absolute Gasteiger partial charge is 0.357 e. The Morgan fingerprint density at radius 2 is 1.53 bits per heavy atom. The molecule has 0 atom stereocenters. The van der Waals surface area contributed by atoms with Crippen molar-refractivity contribution in [1.29, 1.82) is 0 Å². The zero-order valence-electron chi connectivity index (χ0n) is 10.6. The summed E-state index contributed by atoms with van der Waals surface area (Å²) in [6.45, 7) is 8.27. The fourth-order valence-electron chi connectivity index (χ4n) is 1.21. The van der Waals surface area contributed by atoms with Gasteiger partial charge in [0.05, 0.1) is 9.52 Å². The van der Waals surface area contributed by atoms with E-state index in [1.165, 1.54) is 12.8 Å². The van der Waals surface area contributed by atoms with E-state index in [1.54, 1.807) is 0 Å². The Labute approximate surface area is 97.6 Å². The predicted octanol–water partition coefficient (Wildman–Crippen LogP) is 2.64. The summed E-state index contributed by atoms with van der Waals surface area (Å²) < 4.78 is 11.5. The second kappa shape index (κ2) is 12.2. The third-order valence-corrected chi connectivity index (χ3v) is 4.02. The van der Waals surface area contributed by atoms with E-state index in [2.05, 4.69) is 26.8 Å². The van der Waals surface area contributed by atoms with E-state index in [-0.39, 0.29) is 15.4 Å². The van der Waals surface area contributed by atoms with Gasteiger partial charge in [0.15, 0.2) is 0 Å². The molecule has 1 radical (unpaired) electrons. The molecule has 0 spiro atoms. The smallest absolute Gasteiger partial charge is 0.135 e. The Morgan fingerprint density at radius 3 is 1.93 bits per heavy atom. The molecule has 0 fully saturated rings. The van der Waals surface area contributed by atoms with Crippen LogP contribution in [-0.4, -0.2) is 28.6 Å². The highest BCUT2D eigenvalue weighted by Crippen LogP contribution is 2.01. The topological polar surface area (TPSA) is 18.5 Å². The summed E-state index contributed by atoms with van der Waals surface area (Å²) in [6, 6.07) is 2.36. The highest BCUT2D eigenvalue weighted by atomic mass is 28.2. The first-order valence-electron chi connectivity index (χ1n) is 6.39. The normalized spacial score (nSPS) is 12.0. The molecule has 0 rings (SSSR count). The van der Waals surface area contributed by atoms with Gasteiger partial charge in [0.25, 0.3) is 0 Å². The Balaban J connectivity index is 3.53. The molecule has 0 aromatic heterocycles. The lowest BCUT2D eigenvalue weighted by Crippen LogP contribution is -2.26. The minimum Gasteiger partial charge on any atom is -0.357 e. The molecule has 0 aliphatic rings. The molecule has 0 saturated heterocycles. The monoisotopic (exact) mass is 231 g/mol. The van der Waals surface area contributed by atoms with Crippen molar-refractivity contribution in [3.63, 3.8) is 0 Å². The Bertz CT molecular complexity index is 110. The molecule has 0 aliphatic carbocycles. The van der Waals surface area contributed by atoms with Gasteiger partial charge >= 0.3 is 0 Å². The summed E-state index contributed by atoms with van der Waals surface area (Å²) in [7, 11) is -0.300. The fourth-order valence-corrected chi connectivity index (χ4v) is 2.42. The first-order valence-corrected chi connectivity index (χ1v) is 8.03. The molecule has 0 heterocycles. The maximum Gasteiger partial charge on any atom is 0.135 e. The third-order valence-electron chi connectivity index (χ3n) is 2.25. The van der Waals surface area contributed by atoms with Crippen molar-refractivity contribution in [3.8, 4) is 0 Å². The minimum atomic E-state index is -0.300. The molecular weight excluding hydrogens is 204 g/mol. The quantitative estimate of drug-likeness (QED) is 0.309. The summed E-state index contributed by atoms with van der Waals surface area (Å²) in [5.41, 5.74) is 0. The van der Waals surface area contributed by atoms with Gasteiger partial charge in [-0.1, -0.05) is 40.0 Å². The van der Waals surface area contributed by atoms with Crippen molar-refractivity contribution >= 4 is 9.52 Å². The van der Waals surface area contributed by atoms with Gasteiger partial charge in [-0.15, -0.1) is 0 Å². The third kappa shape index (κ3) is 10.4. The van der Waals surface area contributed by atoms with E-state index in [9.17, 15) is 0 Å². The van der Waals surface area contributed by atoms with E-state index >= 15 is 0 Å². The summed E-state index contributed by atoms with van der Waals surface area (Å²) in [5, 5.41) is 0. The number of rotatable bonds is 11. The van der Waals surface area contributed by atoms with Crippen molar-refractivity contribution in [2.75, 3.05) is 13.2 Å². The molecule has 91 valence electrons. The lowest BCUT2D eigenvalue weighted by Gasteiger charge is -2.17. The van der Waals surface area contributed by atoms with E-state index in [1.807, 2.05) is 0 Å². The first-order chi connectivity index (χ1) is 7.35. The van der Waals surface area contributed by atoms with Crippen LogP contribution in [0.1, 0.15) is 52.9 Å². The lowest BCUT2D eigenvalue weighted by atomic mass is 10.4. The second-order valence-electron chi connectivity index (χ2n) is 3.81. The van der Waals surface area contributed by atoms with Gasteiger partial charge in [-0.2, -0.15) is 0 Å². The van der Waals surface area contributed by atoms with E-state index in [4.69, 9.17) is 9.47 Å². The Morgan fingerprint density at radius 1 is 1.00 bits per heavy atom. The zero-order valence-corrected chi connectivity index (χ0v) is 12.0. The van der Waals surface area contributed by atoms with Crippen molar-refractivity contribution in [1.82, 2.24) is 0 Å². The molecule has 2 nitrogen and oxygen atoms in total. The lowest BCUT2D eigenvalue weighted by molar-refractivity contribution is -0.0915. The van der Waals surface area contributed by atoms with E-state index in [0.29, 0.717) is 0 Å². The highest BCUT2D eigenvalue weighted by molar-refractivity contribution is 6.41. The van der Waals surface area contributed by atoms with Crippen LogP contribution >= 0.6 is 0 Å². The average molecular weight is 231 g/mol. The summed E-state index contributed by atoms with van der Waals surface area (Å²) in [4.78, 5) is 0. The van der Waals surface area contributed by atoms with E-state index < -0.39 is 0 Å². The van der Waals surface area contributed by atoms with Crippen LogP contribution in [0.3, 0.4) is 0 Å². The zero-order chi connectivity index (χ0) is 11.4. The number of ether oxygens (including phenoxy) is 2. The number of hydrogen-bond acceptors (Lipinski definition) is 2. The van der Waals surface area contributed by atoms with Gasteiger partial charge in [-0.25, -0.2) is 0 Å². The summed E-state index contributed by atoms with van der Waals surface area (Å²) >= 11 is 0. The average Bonchev–Trinajstić information content (AvgIpc) is 2.25. The van der Waals surface area contributed by atoms with Gasteiger partial charge in [0.2, 0.25) is 0 Å². The van der Waals surface area contributed by atoms with Crippen LogP contribution in [0.4, 0.5) is 0 Å². The van der Waals surface area contributed by atoms with Crippen LogP contribution in [-0.2, 0) is 9.47 Å². The Kier molecular flexibility index (Phi) is 12.3. The molecule has 0 N–H and O–H groups in total. The van der Waals surface area contributed by atoms with Gasteiger partial charge in [0, 0.05) is 13.2 Å². The predicted molar refractivity (Wildman–Crippen MR) is 68.6 cm³/mol. The van der Waals surface area contributed by atoms with Gasteiger partial charge in [0.1, 0.15) is 5.91 Å². The van der Waals surface area contributed by atoms with Gasteiger partial charge in [-0.05, 0) is 18.9 Å². The van der Waals surface area contributed by atoms with Crippen LogP contribution in [0.15, 0.2) is 0 Å². The van der Waals surface area contributed by atoms with Crippen LogP contribution in [0.5, 0.6) is 0 Å². The second-order valence-corrected chi connectivity index (χ2v) is 5.53. The van der Waals surface area contributed by atoms with Crippen molar-refractivity contribution < 1.29 is 9.47 Å². The molecule has 0 aromatic carbocycles. The summed E-state index contributed by atoms with van der Waals surface area (Å²) in [5.74, 6) is 0.128. The molecule has 0 amide bonds. The molecule has 3 heteroatoms. The minimum absolute atomic E-state index is 0.128. The number of hydrogen-bond donors (Lipinski definition) is 0. The first kappa shape index (κ1) is 15.1. The SMILES string of the molecule is CC[CH][SiH2]C(OCCCC)OCCCC.